The molecule has 1 aromatic rings. The summed E-state index contributed by atoms with van der Waals surface area (Å²) >= 11 is 3.33. The van der Waals surface area contributed by atoms with Crippen LogP contribution < -0.4 is 0 Å². The normalized spacial score (nSPS) is 23.5. The molecule has 0 bridgehead atoms. The van der Waals surface area contributed by atoms with Crippen LogP contribution in [-0.4, -0.2) is 47.3 Å². The average molecular weight is 315 g/mol. The maximum absolute atomic E-state index is 11.1. The molecule has 0 aliphatic carbocycles. The van der Waals surface area contributed by atoms with E-state index in [2.05, 4.69) is 20.9 Å². The number of carbonyl (C=O) groups is 1. The maximum Gasteiger partial charge on any atom is 0.310 e. The molecule has 0 saturated carbocycles. The van der Waals surface area contributed by atoms with Gasteiger partial charge >= 0.3 is 5.97 Å². The number of carboxylic acid groups (broad SMARTS) is 1. The van der Waals surface area contributed by atoms with Crippen LogP contribution in [0.5, 0.6) is 0 Å². The summed E-state index contributed by atoms with van der Waals surface area (Å²) in [6.07, 6.45) is 1.74. The SMILES string of the molecule is CN(Cc1ccc(Br)cn1)C1COCC1C(=O)O. The Labute approximate surface area is 114 Å². The number of hydrogen-bond acceptors (Lipinski definition) is 4. The van der Waals surface area contributed by atoms with Gasteiger partial charge in [-0.3, -0.25) is 14.7 Å². The van der Waals surface area contributed by atoms with Crippen molar-refractivity contribution in [3.8, 4) is 0 Å². The van der Waals surface area contributed by atoms with Crippen molar-refractivity contribution in [2.75, 3.05) is 20.3 Å². The molecule has 2 rings (SSSR count). The molecule has 6 heteroatoms. The second kappa shape index (κ2) is 5.77. The van der Waals surface area contributed by atoms with Gasteiger partial charge in [0.15, 0.2) is 0 Å². The van der Waals surface area contributed by atoms with E-state index >= 15 is 0 Å². The summed E-state index contributed by atoms with van der Waals surface area (Å²) in [5.74, 6) is -1.25. The summed E-state index contributed by atoms with van der Waals surface area (Å²) in [5, 5.41) is 9.11. The highest BCUT2D eigenvalue weighted by atomic mass is 79.9. The zero-order valence-corrected chi connectivity index (χ0v) is 11.6. The molecule has 0 spiro atoms. The van der Waals surface area contributed by atoms with E-state index in [1.807, 2.05) is 24.1 Å². The van der Waals surface area contributed by atoms with Crippen LogP contribution in [-0.2, 0) is 16.1 Å². The van der Waals surface area contributed by atoms with Gasteiger partial charge < -0.3 is 9.84 Å². The molecule has 1 N–H and O–H groups in total. The van der Waals surface area contributed by atoms with Crippen molar-refractivity contribution < 1.29 is 14.6 Å². The van der Waals surface area contributed by atoms with Gasteiger partial charge in [-0.05, 0) is 35.1 Å². The van der Waals surface area contributed by atoms with Gasteiger partial charge in [0.05, 0.1) is 24.8 Å². The highest BCUT2D eigenvalue weighted by Crippen LogP contribution is 2.20. The Kier molecular flexibility index (Phi) is 4.31. The van der Waals surface area contributed by atoms with Crippen molar-refractivity contribution >= 4 is 21.9 Å². The topological polar surface area (TPSA) is 62.7 Å². The number of likely N-dealkylation sites (N-methyl/N-ethyl adjacent to an activating group) is 1. The predicted octanol–water partition coefficient (Wildman–Crippen LogP) is 1.38. The second-order valence-corrected chi connectivity index (χ2v) is 5.35. The third-order valence-corrected chi connectivity index (χ3v) is 3.60. The minimum atomic E-state index is -0.798. The summed E-state index contributed by atoms with van der Waals surface area (Å²) in [7, 11) is 1.90. The number of hydrogen-bond donors (Lipinski definition) is 1. The Morgan fingerprint density at radius 3 is 3.00 bits per heavy atom. The number of carboxylic acids is 1. The molecule has 0 aromatic carbocycles. The van der Waals surface area contributed by atoms with Crippen LogP contribution in [0.3, 0.4) is 0 Å². The van der Waals surface area contributed by atoms with Crippen molar-refractivity contribution in [2.45, 2.75) is 12.6 Å². The summed E-state index contributed by atoms with van der Waals surface area (Å²) in [5.41, 5.74) is 0.914. The quantitative estimate of drug-likeness (QED) is 0.909. The second-order valence-electron chi connectivity index (χ2n) is 4.43. The first-order valence-electron chi connectivity index (χ1n) is 5.69. The van der Waals surface area contributed by atoms with Crippen LogP contribution in [0.1, 0.15) is 5.69 Å². The number of nitrogens with zero attached hydrogens (tertiary/aromatic N) is 2. The fourth-order valence-electron chi connectivity index (χ4n) is 2.09. The molecule has 1 aromatic heterocycles. The van der Waals surface area contributed by atoms with Crippen LogP contribution >= 0.6 is 15.9 Å². The monoisotopic (exact) mass is 314 g/mol. The van der Waals surface area contributed by atoms with Crippen LogP contribution in [0, 0.1) is 5.92 Å². The highest BCUT2D eigenvalue weighted by molar-refractivity contribution is 9.10. The molecule has 2 atom stereocenters. The van der Waals surface area contributed by atoms with Gasteiger partial charge in [-0.2, -0.15) is 0 Å². The van der Waals surface area contributed by atoms with E-state index in [0.29, 0.717) is 13.2 Å². The van der Waals surface area contributed by atoms with E-state index in [4.69, 9.17) is 9.84 Å². The highest BCUT2D eigenvalue weighted by Gasteiger charge is 2.36. The first-order chi connectivity index (χ1) is 8.58. The van der Waals surface area contributed by atoms with E-state index in [-0.39, 0.29) is 12.6 Å². The van der Waals surface area contributed by atoms with Crippen molar-refractivity contribution in [3.05, 3.63) is 28.5 Å². The van der Waals surface area contributed by atoms with E-state index in [0.717, 1.165) is 10.2 Å². The molecule has 18 heavy (non-hydrogen) atoms. The maximum atomic E-state index is 11.1. The molecule has 0 radical (unpaired) electrons. The first kappa shape index (κ1) is 13.5. The molecule has 1 fully saturated rings. The molecular weight excluding hydrogens is 300 g/mol. The van der Waals surface area contributed by atoms with Crippen molar-refractivity contribution in [1.82, 2.24) is 9.88 Å². The van der Waals surface area contributed by atoms with Crippen molar-refractivity contribution in [3.63, 3.8) is 0 Å². The summed E-state index contributed by atoms with van der Waals surface area (Å²) < 4.78 is 6.19. The Hall–Kier alpha value is -0.980. The van der Waals surface area contributed by atoms with Gasteiger partial charge in [-0.25, -0.2) is 0 Å². The van der Waals surface area contributed by atoms with Crippen LogP contribution in [0.2, 0.25) is 0 Å². The lowest BCUT2D eigenvalue weighted by molar-refractivity contribution is -0.143. The molecule has 2 unspecified atom stereocenters. The Balaban J connectivity index is 2.01. The molecule has 1 aliphatic heterocycles. The van der Waals surface area contributed by atoms with Gasteiger partial charge in [-0.1, -0.05) is 0 Å². The first-order valence-corrected chi connectivity index (χ1v) is 6.48. The Morgan fingerprint density at radius 2 is 2.39 bits per heavy atom. The van der Waals surface area contributed by atoms with Crippen molar-refractivity contribution in [1.29, 1.82) is 0 Å². The lowest BCUT2D eigenvalue weighted by atomic mass is 10.0. The number of ether oxygens (including phenoxy) is 1. The molecule has 1 saturated heterocycles. The summed E-state index contributed by atoms with van der Waals surface area (Å²) in [4.78, 5) is 17.4. The zero-order valence-electron chi connectivity index (χ0n) is 10.0. The van der Waals surface area contributed by atoms with Gasteiger partial charge in [0, 0.05) is 23.3 Å². The van der Waals surface area contributed by atoms with Crippen molar-refractivity contribution in [2.24, 2.45) is 5.92 Å². The van der Waals surface area contributed by atoms with Gasteiger partial charge in [0.2, 0.25) is 0 Å². The molecule has 98 valence electrons. The third-order valence-electron chi connectivity index (χ3n) is 3.13. The number of pyridine rings is 1. The standard InChI is InChI=1S/C12H15BrN2O3/c1-15(5-9-3-2-8(13)4-14-9)11-7-18-6-10(11)12(16)17/h2-4,10-11H,5-7H2,1H3,(H,16,17). The smallest absolute Gasteiger partial charge is 0.310 e. The van der Waals surface area contributed by atoms with Gasteiger partial charge in [0.25, 0.3) is 0 Å². The third kappa shape index (κ3) is 3.07. The largest absolute Gasteiger partial charge is 0.481 e. The minimum Gasteiger partial charge on any atom is -0.481 e. The Morgan fingerprint density at radius 1 is 1.61 bits per heavy atom. The molecular formula is C12H15BrN2O3. The van der Waals surface area contributed by atoms with Crippen LogP contribution in [0.25, 0.3) is 0 Å². The van der Waals surface area contributed by atoms with E-state index in [1.54, 1.807) is 6.20 Å². The number of halogens is 1. The van der Waals surface area contributed by atoms with Crippen LogP contribution in [0.4, 0.5) is 0 Å². The summed E-state index contributed by atoms with van der Waals surface area (Å²) in [6, 6.07) is 3.76. The fraction of sp³-hybridized carbons (Fsp3) is 0.500. The van der Waals surface area contributed by atoms with Gasteiger partial charge in [0.1, 0.15) is 0 Å². The lowest BCUT2D eigenvalue weighted by Gasteiger charge is -2.25. The number of rotatable bonds is 4. The average Bonchev–Trinajstić information content (AvgIpc) is 2.81. The molecule has 5 nitrogen and oxygen atoms in total. The number of aliphatic carboxylic acids is 1. The fourth-order valence-corrected chi connectivity index (χ4v) is 2.32. The van der Waals surface area contributed by atoms with Gasteiger partial charge in [-0.15, -0.1) is 0 Å². The Bertz CT molecular complexity index is 424. The van der Waals surface area contributed by atoms with E-state index in [1.165, 1.54) is 0 Å². The van der Waals surface area contributed by atoms with Crippen LogP contribution in [0.15, 0.2) is 22.8 Å². The zero-order chi connectivity index (χ0) is 13.1. The molecule has 1 aliphatic rings. The lowest BCUT2D eigenvalue weighted by Crippen LogP contribution is -2.40. The number of aromatic nitrogens is 1. The molecule has 0 amide bonds. The predicted molar refractivity (Wildman–Crippen MR) is 69.1 cm³/mol. The minimum absolute atomic E-state index is 0.0899. The summed E-state index contributed by atoms with van der Waals surface area (Å²) in [6.45, 7) is 1.37. The van der Waals surface area contributed by atoms with E-state index in [9.17, 15) is 4.79 Å². The molecule has 2 heterocycles. The van der Waals surface area contributed by atoms with E-state index < -0.39 is 11.9 Å².